The van der Waals surface area contributed by atoms with E-state index in [9.17, 15) is 10.2 Å². The van der Waals surface area contributed by atoms with Crippen LogP contribution in [0.2, 0.25) is 0 Å². The van der Waals surface area contributed by atoms with E-state index in [0.717, 1.165) is 38.5 Å². The molecule has 1 saturated heterocycles. The van der Waals surface area contributed by atoms with Crippen LogP contribution in [0.25, 0.3) is 0 Å². The van der Waals surface area contributed by atoms with Gasteiger partial charge in [0.1, 0.15) is 0 Å². The molecule has 1 aliphatic heterocycles. The largest absolute Gasteiger partial charge is 0.396 e. The Labute approximate surface area is 141 Å². The van der Waals surface area contributed by atoms with Gasteiger partial charge in [0.25, 0.3) is 0 Å². The van der Waals surface area contributed by atoms with Crippen LogP contribution >= 0.6 is 0 Å². The first kappa shape index (κ1) is 17.4. The molecule has 0 aromatic rings. The summed E-state index contributed by atoms with van der Waals surface area (Å²) in [7, 11) is 0. The zero-order valence-electron chi connectivity index (χ0n) is 15.3. The first-order chi connectivity index (χ1) is 10.7. The SMILES string of the molecule is C=CC1(C)CCC2(O1)C(C)CC(O)C1C(C)(CO)CCCC12C. The molecule has 1 spiro atoms. The second-order valence-electron chi connectivity index (χ2n) is 9.27. The predicted molar refractivity (Wildman–Crippen MR) is 92.1 cm³/mol. The standard InChI is InChI=1S/C20H34O3/c1-6-18(4)10-11-20(23-18)14(2)12-15(22)16-17(3,13-21)8-7-9-19(16,20)5/h6,14-16,21-22H,1,7-13H2,2-5H3. The average molecular weight is 322 g/mol. The van der Waals surface area contributed by atoms with Gasteiger partial charge in [-0.05, 0) is 50.4 Å². The van der Waals surface area contributed by atoms with Crippen LogP contribution in [0, 0.1) is 22.7 Å². The molecule has 2 saturated carbocycles. The molecule has 3 rings (SSSR count). The second-order valence-corrected chi connectivity index (χ2v) is 9.27. The Bertz CT molecular complexity index is 491. The minimum absolute atomic E-state index is 0.0946. The third-order valence-electron chi connectivity index (χ3n) is 7.82. The molecule has 3 heteroatoms. The fourth-order valence-electron chi connectivity index (χ4n) is 6.58. The molecule has 23 heavy (non-hydrogen) atoms. The van der Waals surface area contributed by atoms with Gasteiger partial charge in [0.2, 0.25) is 0 Å². The van der Waals surface area contributed by atoms with Gasteiger partial charge in [-0.3, -0.25) is 0 Å². The first-order valence-electron chi connectivity index (χ1n) is 9.29. The van der Waals surface area contributed by atoms with Gasteiger partial charge in [0.05, 0.1) is 17.3 Å². The fraction of sp³-hybridized carbons (Fsp3) is 0.900. The van der Waals surface area contributed by atoms with E-state index in [2.05, 4.69) is 34.3 Å². The van der Waals surface area contributed by atoms with Gasteiger partial charge < -0.3 is 14.9 Å². The van der Waals surface area contributed by atoms with E-state index in [0.29, 0.717) is 5.92 Å². The van der Waals surface area contributed by atoms with Gasteiger partial charge in [-0.15, -0.1) is 6.58 Å². The van der Waals surface area contributed by atoms with Gasteiger partial charge in [0, 0.05) is 17.9 Å². The number of aliphatic hydroxyl groups is 2. The van der Waals surface area contributed by atoms with Crippen molar-refractivity contribution in [3.05, 3.63) is 12.7 Å². The number of hydrogen-bond acceptors (Lipinski definition) is 3. The summed E-state index contributed by atoms with van der Waals surface area (Å²) < 4.78 is 6.79. The van der Waals surface area contributed by atoms with E-state index >= 15 is 0 Å². The van der Waals surface area contributed by atoms with Crippen LogP contribution in [-0.4, -0.2) is 34.1 Å². The summed E-state index contributed by atoms with van der Waals surface area (Å²) in [5, 5.41) is 21.1. The molecule has 132 valence electrons. The molecule has 3 nitrogen and oxygen atoms in total. The number of hydrogen-bond donors (Lipinski definition) is 2. The fourth-order valence-corrected chi connectivity index (χ4v) is 6.58. The summed E-state index contributed by atoms with van der Waals surface area (Å²) in [6, 6.07) is 0. The lowest BCUT2D eigenvalue weighted by molar-refractivity contribution is -0.268. The second kappa shape index (κ2) is 5.31. The summed E-state index contributed by atoms with van der Waals surface area (Å²) in [4.78, 5) is 0. The Morgan fingerprint density at radius 1 is 1.17 bits per heavy atom. The Balaban J connectivity index is 2.09. The van der Waals surface area contributed by atoms with Gasteiger partial charge in [0.15, 0.2) is 0 Å². The van der Waals surface area contributed by atoms with Crippen molar-refractivity contribution in [1.29, 1.82) is 0 Å². The summed E-state index contributed by atoms with van der Waals surface area (Å²) in [5.41, 5.74) is -0.787. The zero-order chi connectivity index (χ0) is 17.1. The highest BCUT2D eigenvalue weighted by Crippen LogP contribution is 2.67. The lowest BCUT2D eigenvalue weighted by atomic mass is 9.43. The Hall–Kier alpha value is -0.380. The maximum Gasteiger partial charge on any atom is 0.0840 e. The lowest BCUT2D eigenvalue weighted by Gasteiger charge is -2.65. The topological polar surface area (TPSA) is 49.7 Å². The minimum atomic E-state index is -0.350. The summed E-state index contributed by atoms with van der Waals surface area (Å²) in [6.45, 7) is 13.0. The van der Waals surface area contributed by atoms with Crippen molar-refractivity contribution in [2.75, 3.05) is 6.61 Å². The van der Waals surface area contributed by atoms with E-state index < -0.39 is 0 Å². The number of ether oxygens (including phenoxy) is 1. The third kappa shape index (κ3) is 2.19. The van der Waals surface area contributed by atoms with E-state index in [-0.39, 0.29) is 40.7 Å². The summed E-state index contributed by atoms with van der Waals surface area (Å²) >= 11 is 0. The molecule has 7 atom stereocenters. The molecule has 0 bridgehead atoms. The van der Waals surface area contributed by atoms with Crippen molar-refractivity contribution in [3.63, 3.8) is 0 Å². The normalized spacial score (nSPS) is 56.5. The van der Waals surface area contributed by atoms with Crippen molar-refractivity contribution in [1.82, 2.24) is 0 Å². The van der Waals surface area contributed by atoms with Crippen LogP contribution in [0.15, 0.2) is 12.7 Å². The van der Waals surface area contributed by atoms with E-state index in [1.54, 1.807) is 0 Å². The van der Waals surface area contributed by atoms with Crippen LogP contribution in [0.5, 0.6) is 0 Å². The van der Waals surface area contributed by atoms with Crippen molar-refractivity contribution >= 4 is 0 Å². The highest BCUT2D eigenvalue weighted by Gasteiger charge is 2.68. The van der Waals surface area contributed by atoms with Gasteiger partial charge in [-0.2, -0.15) is 0 Å². The molecule has 0 aromatic heterocycles. The molecule has 3 aliphatic rings. The molecular weight excluding hydrogens is 288 g/mol. The van der Waals surface area contributed by atoms with Gasteiger partial charge >= 0.3 is 0 Å². The molecule has 3 fully saturated rings. The van der Waals surface area contributed by atoms with Gasteiger partial charge in [-0.25, -0.2) is 0 Å². The molecule has 2 aliphatic carbocycles. The molecule has 0 amide bonds. The molecule has 2 N–H and O–H groups in total. The molecular formula is C20H34O3. The smallest absolute Gasteiger partial charge is 0.0840 e. The summed E-state index contributed by atoms with van der Waals surface area (Å²) in [6.07, 6.45) is 7.55. The predicted octanol–water partition coefficient (Wildman–Crippen LogP) is 3.69. The third-order valence-corrected chi connectivity index (χ3v) is 7.82. The van der Waals surface area contributed by atoms with E-state index in [4.69, 9.17) is 4.74 Å². The maximum absolute atomic E-state index is 11.0. The Morgan fingerprint density at radius 2 is 1.87 bits per heavy atom. The van der Waals surface area contributed by atoms with Gasteiger partial charge in [-0.1, -0.05) is 33.3 Å². The van der Waals surface area contributed by atoms with Crippen LogP contribution in [-0.2, 0) is 4.74 Å². The maximum atomic E-state index is 11.0. The monoisotopic (exact) mass is 322 g/mol. The van der Waals surface area contributed by atoms with Crippen molar-refractivity contribution < 1.29 is 14.9 Å². The zero-order valence-corrected chi connectivity index (χ0v) is 15.3. The first-order valence-corrected chi connectivity index (χ1v) is 9.29. The van der Waals surface area contributed by atoms with E-state index in [1.807, 2.05) is 6.08 Å². The van der Waals surface area contributed by atoms with Crippen LogP contribution in [0.1, 0.15) is 66.2 Å². The van der Waals surface area contributed by atoms with Crippen LogP contribution in [0.3, 0.4) is 0 Å². The van der Waals surface area contributed by atoms with Crippen molar-refractivity contribution in [2.24, 2.45) is 22.7 Å². The van der Waals surface area contributed by atoms with Crippen LogP contribution < -0.4 is 0 Å². The van der Waals surface area contributed by atoms with Crippen molar-refractivity contribution in [2.45, 2.75) is 83.5 Å². The van der Waals surface area contributed by atoms with E-state index in [1.165, 1.54) is 0 Å². The molecule has 7 unspecified atom stereocenters. The highest BCUT2D eigenvalue weighted by atomic mass is 16.5. The quantitative estimate of drug-likeness (QED) is 0.762. The van der Waals surface area contributed by atoms with Crippen LogP contribution in [0.4, 0.5) is 0 Å². The molecule has 1 heterocycles. The molecule has 0 radical (unpaired) electrons. The number of aliphatic hydroxyl groups excluding tert-OH is 2. The number of rotatable bonds is 2. The molecule has 0 aromatic carbocycles. The minimum Gasteiger partial charge on any atom is -0.396 e. The highest BCUT2D eigenvalue weighted by molar-refractivity contribution is 5.19. The Kier molecular flexibility index (Phi) is 4.02. The average Bonchev–Trinajstić information content (AvgIpc) is 2.86. The number of fused-ring (bicyclic) bond motifs is 2. The van der Waals surface area contributed by atoms with Crippen molar-refractivity contribution in [3.8, 4) is 0 Å². The Morgan fingerprint density at radius 3 is 2.43 bits per heavy atom. The summed E-state index contributed by atoms with van der Waals surface area (Å²) in [5.74, 6) is 0.415. The lowest BCUT2D eigenvalue weighted by Crippen LogP contribution is -2.67.